The largest absolute Gasteiger partial charge is 0.469 e. The molecule has 5 heterocycles. The number of hydrogen-bond donors (Lipinski definition) is 1. The summed E-state index contributed by atoms with van der Waals surface area (Å²) in [6.45, 7) is 27.5. The zero-order valence-electron chi connectivity index (χ0n) is 48.3. The van der Waals surface area contributed by atoms with Crippen LogP contribution in [-0.2, 0) is 28.1 Å². The van der Waals surface area contributed by atoms with Crippen LogP contribution in [0.3, 0.4) is 0 Å². The van der Waals surface area contributed by atoms with Gasteiger partial charge in [0.05, 0.1) is 16.9 Å². The molecular weight excluding hydrogens is 992 g/mol. The monoisotopic (exact) mass is 1060 g/mol. The molecular formula is C74H69BN2O2S. The Hall–Kier alpha value is -7.80. The Bertz CT molecular complexity index is 4570. The Kier molecular flexibility index (Phi) is 11.3. The lowest BCUT2D eigenvalue weighted by Crippen LogP contribution is -2.36. The maximum Gasteiger partial charge on any atom is 0.244 e. The van der Waals surface area contributed by atoms with E-state index in [9.17, 15) is 0 Å². The lowest BCUT2D eigenvalue weighted by Gasteiger charge is -2.24. The molecule has 80 heavy (non-hydrogen) atoms. The van der Waals surface area contributed by atoms with Gasteiger partial charge in [-0.2, -0.15) is 0 Å². The van der Waals surface area contributed by atoms with Crippen LogP contribution in [-0.4, -0.2) is 11.8 Å². The van der Waals surface area contributed by atoms with Gasteiger partial charge in [-0.05, 0) is 133 Å². The molecule has 4 nitrogen and oxygen atoms in total. The molecule has 0 aliphatic carbocycles. The standard InChI is InChI=1S/C74H69BN2O2S/c1-71(2,3)45-22-18-43(19-23-45)54(44-20-24-46(25-21-44)72(4,5)6)35-42-17-31-51-58-38-55(60(40-66(58)80-65(51)36-42)76-49-29-26-47(27-30-49)73(7,8)9)52-32-33-53-56-39-57-50-15-13-14-16-62(50)78-64(57)41-61(56)77-68(53)67(52)75-70-69(77)59-37-48(74(10,11)12)28-34-63(59)79-70/h13-34,36-41,54,75-76H,35H2,1-12H3. The van der Waals surface area contributed by atoms with E-state index in [0.717, 1.165) is 67.6 Å². The van der Waals surface area contributed by atoms with Crippen molar-refractivity contribution < 1.29 is 8.83 Å². The maximum atomic E-state index is 7.04. The van der Waals surface area contributed by atoms with Crippen LogP contribution in [0, 0.1) is 0 Å². The number of thiophene rings is 1. The molecule has 14 rings (SSSR count). The Labute approximate surface area is 474 Å². The Morgan fingerprint density at radius 3 is 1.73 bits per heavy atom. The maximum absolute atomic E-state index is 7.04. The van der Waals surface area contributed by atoms with Crippen molar-refractivity contribution in [3.05, 3.63) is 209 Å². The lowest BCUT2D eigenvalue weighted by molar-refractivity contribution is 0.589. The summed E-state index contributed by atoms with van der Waals surface area (Å²) in [6.07, 6.45) is 0.900. The fourth-order valence-electron chi connectivity index (χ4n) is 12.8. The quantitative estimate of drug-likeness (QED) is 0.162. The van der Waals surface area contributed by atoms with Crippen molar-refractivity contribution in [3.63, 3.8) is 0 Å². The van der Waals surface area contributed by atoms with Gasteiger partial charge in [0, 0.05) is 81.5 Å². The van der Waals surface area contributed by atoms with Gasteiger partial charge in [-0.25, -0.2) is 0 Å². The van der Waals surface area contributed by atoms with E-state index in [1.165, 1.54) is 92.0 Å². The number of hydrogen-bond acceptors (Lipinski definition) is 4. The highest BCUT2D eigenvalue weighted by Gasteiger charge is 2.33. The van der Waals surface area contributed by atoms with E-state index in [0.29, 0.717) is 7.28 Å². The number of benzene rings is 9. The third-order valence-electron chi connectivity index (χ3n) is 17.5. The first-order chi connectivity index (χ1) is 38.1. The van der Waals surface area contributed by atoms with Crippen LogP contribution >= 0.6 is 11.3 Å². The second-order valence-electron chi connectivity index (χ2n) is 27.1. The average molecular weight is 1060 g/mol. The number of nitrogens with one attached hydrogen (secondary N) is 1. The molecule has 1 aliphatic heterocycles. The number of furan rings is 2. The van der Waals surface area contributed by atoms with Crippen LogP contribution in [0.15, 0.2) is 179 Å². The second-order valence-corrected chi connectivity index (χ2v) is 28.2. The molecule has 9 aromatic carbocycles. The molecule has 1 aliphatic rings. The Balaban J connectivity index is 0.957. The van der Waals surface area contributed by atoms with E-state index in [1.54, 1.807) is 0 Å². The van der Waals surface area contributed by atoms with Gasteiger partial charge in [-0.1, -0.05) is 192 Å². The van der Waals surface area contributed by atoms with Gasteiger partial charge >= 0.3 is 0 Å². The molecule has 1 N–H and O–H groups in total. The van der Waals surface area contributed by atoms with Gasteiger partial charge in [-0.15, -0.1) is 11.3 Å². The number of rotatable bonds is 7. The van der Waals surface area contributed by atoms with E-state index in [1.807, 2.05) is 11.3 Å². The summed E-state index contributed by atoms with van der Waals surface area (Å²) in [4.78, 5) is 0. The fraction of sp³-hybridized carbons (Fsp3) is 0.243. The highest BCUT2D eigenvalue weighted by molar-refractivity contribution is 7.25. The molecule has 0 radical (unpaired) electrons. The number of anilines is 2. The topological polar surface area (TPSA) is 43.2 Å². The van der Waals surface area contributed by atoms with Crippen LogP contribution in [0.1, 0.15) is 128 Å². The van der Waals surface area contributed by atoms with E-state index in [2.05, 4.69) is 263 Å². The molecule has 0 atom stereocenters. The van der Waals surface area contributed by atoms with Crippen molar-refractivity contribution in [3.8, 4) is 16.8 Å². The molecule has 0 fully saturated rings. The van der Waals surface area contributed by atoms with Gasteiger partial charge in [0.2, 0.25) is 7.28 Å². The fourth-order valence-corrected chi connectivity index (χ4v) is 14.0. The minimum Gasteiger partial charge on any atom is -0.469 e. The summed E-state index contributed by atoms with van der Waals surface area (Å²) >= 11 is 1.90. The van der Waals surface area contributed by atoms with Crippen molar-refractivity contribution in [1.29, 1.82) is 0 Å². The van der Waals surface area contributed by atoms with Crippen molar-refractivity contribution in [1.82, 2.24) is 4.57 Å². The summed E-state index contributed by atoms with van der Waals surface area (Å²) in [5, 5.41) is 12.4. The number of fused-ring (bicyclic) bond motifs is 13. The van der Waals surface area contributed by atoms with Crippen LogP contribution < -0.4 is 16.4 Å². The molecule has 0 bridgehead atoms. The summed E-state index contributed by atoms with van der Waals surface area (Å²) in [7, 11) is 0.654. The molecule has 0 spiro atoms. The van der Waals surface area contributed by atoms with E-state index < -0.39 is 0 Å². The van der Waals surface area contributed by atoms with Crippen molar-refractivity contribution in [2.75, 3.05) is 5.32 Å². The Morgan fingerprint density at radius 1 is 0.463 bits per heavy atom. The SMILES string of the molecule is CC(C)(C)c1ccc(Nc2cc3sc4cc(CC(c5ccc(C(C)(C)C)cc5)c5ccc(C(C)(C)C)cc5)ccc4c3cc2-c2ccc3c4cc5c(cc4n4c3c2Bc2oc3ccc(C(C)(C)C)cc3c2-4)oc2ccccc25)cc1. The summed E-state index contributed by atoms with van der Waals surface area (Å²) in [6, 6.07) is 64.6. The third-order valence-corrected chi connectivity index (χ3v) is 18.6. The smallest absolute Gasteiger partial charge is 0.244 e. The highest BCUT2D eigenvalue weighted by atomic mass is 32.1. The molecule has 13 aromatic rings. The summed E-state index contributed by atoms with van der Waals surface area (Å²) in [5.74, 6) is 0.205. The molecule has 396 valence electrons. The predicted octanol–water partition coefficient (Wildman–Crippen LogP) is 19.5. The van der Waals surface area contributed by atoms with Crippen LogP contribution in [0.25, 0.3) is 91.7 Å². The molecule has 4 aromatic heterocycles. The average Bonchev–Trinajstić information content (AvgIpc) is 4.16. The molecule has 6 heteroatoms. The summed E-state index contributed by atoms with van der Waals surface area (Å²) in [5.41, 5.74) is 22.4. The van der Waals surface area contributed by atoms with Crippen LogP contribution in [0.5, 0.6) is 0 Å². The van der Waals surface area contributed by atoms with Gasteiger partial charge in [-0.3, -0.25) is 0 Å². The minimum atomic E-state index is -0.0324. The van der Waals surface area contributed by atoms with Crippen molar-refractivity contribution in [2.24, 2.45) is 0 Å². The summed E-state index contributed by atoms with van der Waals surface area (Å²) < 4.78 is 18.8. The minimum absolute atomic E-state index is 0.0324. The first-order valence-corrected chi connectivity index (χ1v) is 29.5. The van der Waals surface area contributed by atoms with Gasteiger partial charge in [0.1, 0.15) is 16.7 Å². The van der Waals surface area contributed by atoms with E-state index in [-0.39, 0.29) is 27.6 Å². The molecule has 0 amide bonds. The third kappa shape index (κ3) is 8.39. The van der Waals surface area contributed by atoms with Gasteiger partial charge in [0.15, 0.2) is 0 Å². The van der Waals surface area contributed by atoms with Crippen LogP contribution in [0.4, 0.5) is 11.4 Å². The van der Waals surface area contributed by atoms with E-state index in [4.69, 9.17) is 8.83 Å². The highest BCUT2D eigenvalue weighted by Crippen LogP contribution is 2.46. The predicted molar refractivity (Wildman–Crippen MR) is 346 cm³/mol. The zero-order chi connectivity index (χ0) is 55.4. The first-order valence-electron chi connectivity index (χ1n) is 28.7. The zero-order valence-corrected chi connectivity index (χ0v) is 49.1. The lowest BCUT2D eigenvalue weighted by atomic mass is 9.62. The normalized spacial score (nSPS) is 13.3. The molecule has 0 saturated heterocycles. The Morgan fingerprint density at radius 2 is 1.06 bits per heavy atom. The van der Waals surface area contributed by atoms with Crippen LogP contribution in [0.2, 0.25) is 0 Å². The van der Waals surface area contributed by atoms with Crippen molar-refractivity contribution in [2.45, 2.75) is 117 Å². The molecule has 0 saturated carbocycles. The first kappa shape index (κ1) is 50.4. The number of aromatic nitrogens is 1. The van der Waals surface area contributed by atoms with Gasteiger partial charge < -0.3 is 18.7 Å². The number of para-hydroxylation sites is 1. The number of nitrogens with zero attached hydrogens (tertiary/aromatic N) is 1. The molecule has 0 unspecified atom stereocenters. The van der Waals surface area contributed by atoms with Gasteiger partial charge in [0.25, 0.3) is 0 Å². The van der Waals surface area contributed by atoms with E-state index >= 15 is 0 Å². The second kappa shape index (κ2) is 17.9. The van der Waals surface area contributed by atoms with Crippen molar-refractivity contribution >= 4 is 116 Å².